The molecule has 2 rings (SSSR count). The van der Waals surface area contributed by atoms with Crippen molar-refractivity contribution in [3.05, 3.63) is 17.8 Å². The smallest absolute Gasteiger partial charge is 0.114 e. The molecular weight excluding hydrogens is 198 g/mol. The highest BCUT2D eigenvalue weighted by Crippen LogP contribution is 2.29. The third-order valence-electron chi connectivity index (χ3n) is 1.88. The lowest BCUT2D eigenvalue weighted by Gasteiger charge is -2.24. The van der Waals surface area contributed by atoms with Crippen LogP contribution in [0.5, 0.6) is 0 Å². The summed E-state index contributed by atoms with van der Waals surface area (Å²) in [6.45, 7) is 1.48. The summed E-state index contributed by atoms with van der Waals surface area (Å²) in [6, 6.07) is 3.73. The molecule has 0 aliphatic carbocycles. The standard InChI is InChI=1S/C9H9N3OS/c10-2-6-1-7(11)3-12-9(6)14-8-4-13-5-8/h1,3,8H,4-5,11H2. The van der Waals surface area contributed by atoms with E-state index in [2.05, 4.69) is 11.1 Å². The Bertz CT molecular complexity index is 384. The molecule has 0 bridgehead atoms. The van der Waals surface area contributed by atoms with Crippen molar-refractivity contribution < 1.29 is 4.74 Å². The number of aromatic nitrogens is 1. The molecule has 0 amide bonds. The second kappa shape index (κ2) is 3.86. The van der Waals surface area contributed by atoms with Gasteiger partial charge in [-0.05, 0) is 6.07 Å². The first-order chi connectivity index (χ1) is 6.79. The van der Waals surface area contributed by atoms with Crippen LogP contribution in [0.15, 0.2) is 17.3 Å². The van der Waals surface area contributed by atoms with Crippen LogP contribution >= 0.6 is 11.8 Å². The molecule has 72 valence electrons. The highest BCUT2D eigenvalue weighted by Gasteiger charge is 2.21. The maximum Gasteiger partial charge on any atom is 0.114 e. The van der Waals surface area contributed by atoms with Crippen molar-refractivity contribution >= 4 is 17.4 Å². The Labute approximate surface area is 86.1 Å². The van der Waals surface area contributed by atoms with Gasteiger partial charge in [0, 0.05) is 0 Å². The Morgan fingerprint density at radius 2 is 2.43 bits per heavy atom. The number of nitrogen functional groups attached to an aromatic ring is 1. The summed E-state index contributed by atoms with van der Waals surface area (Å²) in [5.74, 6) is 0. The van der Waals surface area contributed by atoms with Crippen molar-refractivity contribution in [2.75, 3.05) is 18.9 Å². The molecule has 0 aromatic carbocycles. The lowest BCUT2D eigenvalue weighted by atomic mass is 10.3. The van der Waals surface area contributed by atoms with Gasteiger partial charge in [0.15, 0.2) is 0 Å². The molecule has 0 atom stereocenters. The van der Waals surface area contributed by atoms with E-state index in [1.54, 1.807) is 24.0 Å². The van der Waals surface area contributed by atoms with Crippen molar-refractivity contribution in [2.45, 2.75) is 10.3 Å². The summed E-state index contributed by atoms with van der Waals surface area (Å²) in [5, 5.41) is 10.0. The number of pyridine rings is 1. The van der Waals surface area contributed by atoms with E-state index in [1.807, 2.05) is 0 Å². The molecule has 2 N–H and O–H groups in total. The summed E-state index contributed by atoms with van der Waals surface area (Å²) < 4.78 is 5.05. The van der Waals surface area contributed by atoms with E-state index in [0.717, 1.165) is 18.2 Å². The first kappa shape index (κ1) is 9.31. The van der Waals surface area contributed by atoms with Gasteiger partial charge >= 0.3 is 0 Å². The third-order valence-corrected chi connectivity index (χ3v) is 3.03. The summed E-state index contributed by atoms with van der Waals surface area (Å²) in [7, 11) is 0. The fourth-order valence-corrected chi connectivity index (χ4v) is 2.07. The Balaban J connectivity index is 2.19. The van der Waals surface area contributed by atoms with Gasteiger partial charge in [-0.1, -0.05) is 11.8 Å². The van der Waals surface area contributed by atoms with Gasteiger partial charge in [0.25, 0.3) is 0 Å². The minimum atomic E-state index is 0.429. The van der Waals surface area contributed by atoms with Gasteiger partial charge in [-0.15, -0.1) is 0 Å². The molecule has 1 fully saturated rings. The molecule has 1 aromatic heterocycles. The highest BCUT2D eigenvalue weighted by atomic mass is 32.2. The Hall–Kier alpha value is -1.25. The second-order valence-electron chi connectivity index (χ2n) is 3.01. The zero-order valence-corrected chi connectivity index (χ0v) is 8.25. The van der Waals surface area contributed by atoms with Crippen LogP contribution in [-0.4, -0.2) is 23.4 Å². The third kappa shape index (κ3) is 1.81. The molecule has 14 heavy (non-hydrogen) atoms. The number of thioether (sulfide) groups is 1. The number of ether oxygens (including phenoxy) is 1. The van der Waals surface area contributed by atoms with Gasteiger partial charge in [0.2, 0.25) is 0 Å². The summed E-state index contributed by atoms with van der Waals surface area (Å²) in [6.07, 6.45) is 1.57. The van der Waals surface area contributed by atoms with Crippen LogP contribution in [0.2, 0.25) is 0 Å². The van der Waals surface area contributed by atoms with E-state index in [-0.39, 0.29) is 0 Å². The van der Waals surface area contributed by atoms with E-state index in [9.17, 15) is 0 Å². The predicted octanol–water partition coefficient (Wildman–Crippen LogP) is 1.03. The summed E-state index contributed by atoms with van der Waals surface area (Å²) in [5.41, 5.74) is 6.60. The van der Waals surface area contributed by atoms with Crippen LogP contribution in [0, 0.1) is 11.3 Å². The fraction of sp³-hybridized carbons (Fsp3) is 0.333. The molecule has 4 nitrogen and oxygen atoms in total. The van der Waals surface area contributed by atoms with Crippen molar-refractivity contribution in [1.82, 2.24) is 4.98 Å². The maximum atomic E-state index is 8.86. The molecule has 0 saturated carbocycles. The minimum absolute atomic E-state index is 0.429. The van der Waals surface area contributed by atoms with Crippen LogP contribution in [0.4, 0.5) is 5.69 Å². The summed E-state index contributed by atoms with van der Waals surface area (Å²) >= 11 is 1.58. The largest absolute Gasteiger partial charge is 0.397 e. The molecule has 1 aliphatic heterocycles. The van der Waals surface area contributed by atoms with Gasteiger partial charge in [-0.2, -0.15) is 5.26 Å². The maximum absolute atomic E-state index is 8.86. The number of hydrogen-bond acceptors (Lipinski definition) is 5. The van der Waals surface area contributed by atoms with E-state index in [1.165, 1.54) is 0 Å². The van der Waals surface area contributed by atoms with Crippen molar-refractivity contribution in [2.24, 2.45) is 0 Å². The quantitative estimate of drug-likeness (QED) is 0.784. The van der Waals surface area contributed by atoms with Gasteiger partial charge in [0.1, 0.15) is 11.1 Å². The number of rotatable bonds is 2. The number of nitrogens with zero attached hydrogens (tertiary/aromatic N) is 2. The van der Waals surface area contributed by atoms with E-state index in [4.69, 9.17) is 15.7 Å². The lowest BCUT2D eigenvalue weighted by molar-refractivity contribution is 0.0454. The highest BCUT2D eigenvalue weighted by molar-refractivity contribution is 8.00. The zero-order valence-electron chi connectivity index (χ0n) is 7.43. The molecule has 0 radical (unpaired) electrons. The minimum Gasteiger partial charge on any atom is -0.397 e. The Morgan fingerprint density at radius 3 is 3.00 bits per heavy atom. The van der Waals surface area contributed by atoms with Gasteiger partial charge in [0.05, 0.1) is 35.9 Å². The van der Waals surface area contributed by atoms with E-state index < -0.39 is 0 Å². The molecule has 1 saturated heterocycles. The molecule has 1 aliphatic rings. The molecule has 0 spiro atoms. The van der Waals surface area contributed by atoms with Crippen LogP contribution in [0.1, 0.15) is 5.56 Å². The number of anilines is 1. The number of nitriles is 1. The van der Waals surface area contributed by atoms with Crippen LogP contribution in [0.3, 0.4) is 0 Å². The van der Waals surface area contributed by atoms with Gasteiger partial charge in [-0.3, -0.25) is 0 Å². The normalized spacial score (nSPS) is 15.9. The van der Waals surface area contributed by atoms with Crippen molar-refractivity contribution in [1.29, 1.82) is 5.26 Å². The summed E-state index contributed by atoms with van der Waals surface area (Å²) in [4.78, 5) is 4.13. The Kier molecular flexibility index (Phi) is 2.57. The van der Waals surface area contributed by atoms with Crippen LogP contribution < -0.4 is 5.73 Å². The molecule has 2 heterocycles. The van der Waals surface area contributed by atoms with Gasteiger partial charge < -0.3 is 10.5 Å². The van der Waals surface area contributed by atoms with Crippen LogP contribution in [0.25, 0.3) is 0 Å². The van der Waals surface area contributed by atoms with Gasteiger partial charge in [-0.25, -0.2) is 4.98 Å². The topological polar surface area (TPSA) is 71.9 Å². The number of nitrogens with two attached hydrogens (primary N) is 1. The lowest BCUT2D eigenvalue weighted by Crippen LogP contribution is -2.30. The second-order valence-corrected chi connectivity index (χ2v) is 4.30. The zero-order chi connectivity index (χ0) is 9.97. The molecule has 1 aromatic rings. The van der Waals surface area contributed by atoms with E-state index in [0.29, 0.717) is 16.5 Å². The average Bonchev–Trinajstić information content (AvgIpc) is 2.13. The monoisotopic (exact) mass is 207 g/mol. The van der Waals surface area contributed by atoms with E-state index >= 15 is 0 Å². The number of hydrogen-bond donors (Lipinski definition) is 1. The van der Waals surface area contributed by atoms with Crippen LogP contribution in [-0.2, 0) is 4.74 Å². The molecular formula is C9H9N3OS. The fourth-order valence-electron chi connectivity index (χ4n) is 1.08. The Morgan fingerprint density at radius 1 is 1.64 bits per heavy atom. The average molecular weight is 207 g/mol. The first-order valence-corrected chi connectivity index (χ1v) is 5.07. The molecule has 5 heteroatoms. The first-order valence-electron chi connectivity index (χ1n) is 4.19. The predicted molar refractivity (Wildman–Crippen MR) is 53.8 cm³/mol. The van der Waals surface area contributed by atoms with Crippen molar-refractivity contribution in [3.8, 4) is 6.07 Å². The molecule has 0 unspecified atom stereocenters. The SMILES string of the molecule is N#Cc1cc(N)cnc1SC1COC1. The van der Waals surface area contributed by atoms with Crippen molar-refractivity contribution in [3.63, 3.8) is 0 Å².